The third-order valence-corrected chi connectivity index (χ3v) is 5.28. The minimum atomic E-state index is 0.511. The van der Waals surface area contributed by atoms with Gasteiger partial charge in [0.2, 0.25) is 5.82 Å². The van der Waals surface area contributed by atoms with E-state index < -0.39 is 0 Å². The summed E-state index contributed by atoms with van der Waals surface area (Å²) < 4.78 is 3.55. The molecule has 0 atom stereocenters. The van der Waals surface area contributed by atoms with Gasteiger partial charge in [0.05, 0.1) is 10.7 Å². The molecule has 142 valence electrons. The number of aromatic nitrogens is 6. The highest BCUT2D eigenvalue weighted by Gasteiger charge is 2.23. The maximum Gasteiger partial charge on any atom is 0.206 e. The summed E-state index contributed by atoms with van der Waals surface area (Å²) in [7, 11) is 0. The third-order valence-electron chi connectivity index (χ3n) is 4.47. The highest BCUT2D eigenvalue weighted by molar-refractivity contribution is 6.35. The zero-order valence-corrected chi connectivity index (χ0v) is 16.9. The lowest BCUT2D eigenvalue weighted by molar-refractivity contribution is 0.790. The van der Waals surface area contributed by atoms with E-state index in [1.54, 1.807) is 35.0 Å². The molecule has 9 heteroatoms. The van der Waals surface area contributed by atoms with Gasteiger partial charge in [-0.1, -0.05) is 40.9 Å². The van der Waals surface area contributed by atoms with E-state index in [1.165, 1.54) is 0 Å². The predicted octanol–water partition coefficient (Wildman–Crippen LogP) is 5.60. The van der Waals surface area contributed by atoms with Crippen LogP contribution in [0.1, 0.15) is 0 Å². The number of fused-ring (bicyclic) bond motifs is 1. The molecule has 0 spiro atoms. The van der Waals surface area contributed by atoms with E-state index in [4.69, 9.17) is 39.8 Å². The van der Waals surface area contributed by atoms with E-state index in [0.29, 0.717) is 37.8 Å². The third kappa shape index (κ3) is 3.15. The van der Waals surface area contributed by atoms with Crippen LogP contribution in [0.2, 0.25) is 15.1 Å². The fourth-order valence-corrected chi connectivity index (χ4v) is 3.67. The molecule has 6 nitrogen and oxygen atoms in total. The Morgan fingerprint density at radius 1 is 0.828 bits per heavy atom. The van der Waals surface area contributed by atoms with Crippen LogP contribution in [0.3, 0.4) is 0 Å². The van der Waals surface area contributed by atoms with Crippen LogP contribution in [0.25, 0.3) is 34.1 Å². The maximum absolute atomic E-state index is 6.48. The van der Waals surface area contributed by atoms with E-state index in [2.05, 4.69) is 15.5 Å². The number of imidazole rings is 1. The first-order valence-electron chi connectivity index (χ1n) is 8.59. The van der Waals surface area contributed by atoms with E-state index in [0.717, 1.165) is 11.3 Å². The fraction of sp³-hybridized carbons (Fsp3) is 0. The molecule has 0 aliphatic carbocycles. The quantitative estimate of drug-likeness (QED) is 0.365. The lowest BCUT2D eigenvalue weighted by atomic mass is 10.1. The van der Waals surface area contributed by atoms with Gasteiger partial charge in [0.25, 0.3) is 0 Å². The van der Waals surface area contributed by atoms with E-state index in [-0.39, 0.29) is 0 Å². The van der Waals surface area contributed by atoms with Crippen LogP contribution in [-0.4, -0.2) is 29.6 Å². The van der Waals surface area contributed by atoms with E-state index in [9.17, 15) is 0 Å². The van der Waals surface area contributed by atoms with Gasteiger partial charge in [-0.15, -0.1) is 5.10 Å². The number of halogens is 3. The van der Waals surface area contributed by atoms with Crippen molar-refractivity contribution in [1.29, 1.82) is 0 Å². The largest absolute Gasteiger partial charge is 0.296 e. The van der Waals surface area contributed by atoms with Crippen molar-refractivity contribution in [1.82, 2.24) is 29.6 Å². The molecule has 0 amide bonds. The average molecular weight is 442 g/mol. The monoisotopic (exact) mass is 440 g/mol. The van der Waals surface area contributed by atoms with E-state index >= 15 is 0 Å². The van der Waals surface area contributed by atoms with Crippen LogP contribution in [0, 0.1) is 0 Å². The maximum atomic E-state index is 6.48. The Balaban J connectivity index is 1.82. The minimum Gasteiger partial charge on any atom is -0.296 e. The minimum absolute atomic E-state index is 0.511. The summed E-state index contributed by atoms with van der Waals surface area (Å²) in [5, 5.41) is 14.1. The van der Waals surface area contributed by atoms with Crippen molar-refractivity contribution in [2.75, 3.05) is 0 Å². The Morgan fingerprint density at radius 3 is 2.45 bits per heavy atom. The van der Waals surface area contributed by atoms with Crippen LogP contribution >= 0.6 is 34.8 Å². The number of hydrogen-bond donors (Lipinski definition) is 0. The molecule has 29 heavy (non-hydrogen) atoms. The van der Waals surface area contributed by atoms with Gasteiger partial charge in [-0.3, -0.25) is 4.40 Å². The van der Waals surface area contributed by atoms with Crippen LogP contribution in [-0.2, 0) is 0 Å². The van der Waals surface area contributed by atoms with Crippen molar-refractivity contribution in [3.8, 4) is 28.5 Å². The Hall–Kier alpha value is -2.93. The second-order valence-electron chi connectivity index (χ2n) is 6.25. The SMILES string of the molecule is Clc1ccc(-n2nnnc2-c2c(-c3cc(Cl)ccc3Cl)nc3ccccn23)cc1. The molecule has 5 aromatic rings. The predicted molar refractivity (Wildman–Crippen MR) is 114 cm³/mol. The highest BCUT2D eigenvalue weighted by atomic mass is 35.5. The van der Waals surface area contributed by atoms with Crippen LogP contribution in [0.4, 0.5) is 0 Å². The highest BCUT2D eigenvalue weighted by Crippen LogP contribution is 2.37. The van der Waals surface area contributed by atoms with E-state index in [1.807, 2.05) is 40.9 Å². The molecule has 5 rings (SSSR count). The van der Waals surface area contributed by atoms with Gasteiger partial charge in [0, 0.05) is 21.8 Å². The molecule has 0 radical (unpaired) electrons. The van der Waals surface area contributed by atoms with Crippen molar-refractivity contribution >= 4 is 40.4 Å². The van der Waals surface area contributed by atoms with Crippen LogP contribution < -0.4 is 0 Å². The topological polar surface area (TPSA) is 60.9 Å². The first-order valence-corrected chi connectivity index (χ1v) is 9.72. The zero-order chi connectivity index (χ0) is 20.0. The molecule has 3 aromatic heterocycles. The summed E-state index contributed by atoms with van der Waals surface area (Å²) in [6.45, 7) is 0. The first-order chi connectivity index (χ1) is 14.1. The molecule has 0 saturated carbocycles. The van der Waals surface area contributed by atoms with Gasteiger partial charge in [-0.05, 0) is 65.0 Å². The average Bonchev–Trinajstić information content (AvgIpc) is 3.34. The normalized spacial score (nSPS) is 11.3. The van der Waals surface area contributed by atoms with Crippen molar-refractivity contribution in [2.24, 2.45) is 0 Å². The van der Waals surface area contributed by atoms with Crippen molar-refractivity contribution in [3.63, 3.8) is 0 Å². The summed E-state index contributed by atoms with van der Waals surface area (Å²) in [6, 6.07) is 18.3. The molecule has 0 bridgehead atoms. The van der Waals surface area contributed by atoms with Gasteiger partial charge in [-0.25, -0.2) is 4.98 Å². The molecule has 0 aliphatic heterocycles. The fourth-order valence-electron chi connectivity index (χ4n) is 3.17. The smallest absolute Gasteiger partial charge is 0.206 e. The first kappa shape index (κ1) is 18.1. The Labute approximate surface area is 180 Å². The Morgan fingerprint density at radius 2 is 1.62 bits per heavy atom. The summed E-state index contributed by atoms with van der Waals surface area (Å²) >= 11 is 18.7. The number of rotatable bonds is 3. The molecule has 0 N–H and O–H groups in total. The second kappa shape index (κ2) is 7.15. The number of benzene rings is 2. The number of nitrogens with zero attached hydrogens (tertiary/aromatic N) is 6. The lowest BCUT2D eigenvalue weighted by Gasteiger charge is -2.08. The van der Waals surface area contributed by atoms with Gasteiger partial charge in [0.15, 0.2) is 0 Å². The summed E-state index contributed by atoms with van der Waals surface area (Å²) in [5.74, 6) is 0.511. The lowest BCUT2D eigenvalue weighted by Crippen LogP contribution is -2.02. The van der Waals surface area contributed by atoms with Gasteiger partial charge in [0.1, 0.15) is 17.0 Å². The van der Waals surface area contributed by atoms with Gasteiger partial charge in [-0.2, -0.15) is 4.68 Å². The zero-order valence-electron chi connectivity index (χ0n) is 14.7. The second-order valence-corrected chi connectivity index (χ2v) is 7.53. The van der Waals surface area contributed by atoms with Crippen molar-refractivity contribution in [3.05, 3.63) is 81.9 Å². The molecule has 0 unspecified atom stereocenters. The molecule has 0 aliphatic rings. The van der Waals surface area contributed by atoms with Crippen molar-refractivity contribution < 1.29 is 0 Å². The van der Waals surface area contributed by atoms with Crippen LogP contribution in [0.5, 0.6) is 0 Å². The molecular weight excluding hydrogens is 431 g/mol. The molecular formula is C20H11Cl3N6. The Bertz CT molecular complexity index is 1340. The molecule has 0 saturated heterocycles. The number of tetrazole rings is 1. The number of hydrogen-bond acceptors (Lipinski definition) is 4. The van der Waals surface area contributed by atoms with Crippen molar-refractivity contribution in [2.45, 2.75) is 0 Å². The summed E-state index contributed by atoms with van der Waals surface area (Å²) in [6.07, 6.45) is 1.90. The van der Waals surface area contributed by atoms with Gasteiger partial charge < -0.3 is 0 Å². The summed E-state index contributed by atoms with van der Waals surface area (Å²) in [5.41, 5.74) is 3.53. The Kier molecular flexibility index (Phi) is 4.47. The standard InChI is InChI=1S/C20H11Cl3N6/c21-12-4-7-14(8-5-12)29-20(25-26-27-29)19-18(15-11-13(22)6-9-16(15)23)24-17-3-1-2-10-28(17)19/h1-11H. The summed E-state index contributed by atoms with van der Waals surface area (Å²) in [4.78, 5) is 4.78. The van der Waals surface area contributed by atoms with Gasteiger partial charge >= 0.3 is 0 Å². The van der Waals surface area contributed by atoms with Crippen LogP contribution in [0.15, 0.2) is 66.9 Å². The molecule has 0 fully saturated rings. The molecule has 2 aromatic carbocycles. The number of pyridine rings is 1. The molecule has 3 heterocycles.